The molecule has 1 aliphatic heterocycles. The third-order valence-electron chi connectivity index (χ3n) is 5.12. The van der Waals surface area contributed by atoms with Gasteiger partial charge < -0.3 is 15.0 Å². The highest BCUT2D eigenvalue weighted by atomic mass is 16.5. The van der Waals surface area contributed by atoms with E-state index in [0.717, 1.165) is 28.8 Å². The maximum absolute atomic E-state index is 12.4. The van der Waals surface area contributed by atoms with Crippen LogP contribution in [0.5, 0.6) is 0 Å². The lowest BCUT2D eigenvalue weighted by molar-refractivity contribution is -0.151. The van der Waals surface area contributed by atoms with Crippen LogP contribution < -0.4 is 10.2 Å². The molecule has 1 heterocycles. The first-order chi connectivity index (χ1) is 13.9. The summed E-state index contributed by atoms with van der Waals surface area (Å²) in [5.74, 6) is -1.60. The van der Waals surface area contributed by atoms with Crippen LogP contribution >= 0.6 is 0 Å². The molecular weight excluding hydrogens is 368 g/mol. The van der Waals surface area contributed by atoms with E-state index >= 15 is 0 Å². The van der Waals surface area contributed by atoms with Crippen molar-refractivity contribution in [3.63, 3.8) is 0 Å². The zero-order valence-corrected chi connectivity index (χ0v) is 17.0. The van der Waals surface area contributed by atoms with E-state index in [-0.39, 0.29) is 25.5 Å². The van der Waals surface area contributed by atoms with Gasteiger partial charge in [-0.25, -0.2) is 0 Å². The molecule has 1 atom stereocenters. The number of hydrogen-bond acceptors (Lipinski definition) is 4. The van der Waals surface area contributed by atoms with E-state index in [0.29, 0.717) is 5.69 Å². The van der Waals surface area contributed by atoms with Gasteiger partial charge in [-0.2, -0.15) is 0 Å². The van der Waals surface area contributed by atoms with Crippen LogP contribution in [0.15, 0.2) is 42.5 Å². The van der Waals surface area contributed by atoms with Gasteiger partial charge in [-0.1, -0.05) is 42.8 Å². The van der Waals surface area contributed by atoms with Crippen LogP contribution in [0, 0.1) is 19.8 Å². The summed E-state index contributed by atoms with van der Waals surface area (Å²) < 4.78 is 5.18. The number of amides is 2. The van der Waals surface area contributed by atoms with Crippen LogP contribution in [-0.4, -0.2) is 30.9 Å². The summed E-state index contributed by atoms with van der Waals surface area (Å²) in [5, 5.41) is 2.75. The van der Waals surface area contributed by atoms with Gasteiger partial charge in [0, 0.05) is 24.3 Å². The number of carbonyl (C=O) groups excluding carboxylic acids is 3. The molecule has 6 nitrogen and oxygen atoms in total. The first-order valence-corrected chi connectivity index (χ1v) is 9.81. The molecule has 1 N–H and O–H groups in total. The van der Waals surface area contributed by atoms with Gasteiger partial charge in [0.1, 0.15) is 0 Å². The fraction of sp³-hybridized carbons (Fsp3) is 0.348. The Bertz CT molecular complexity index is 938. The first kappa shape index (κ1) is 20.6. The third-order valence-corrected chi connectivity index (χ3v) is 5.12. The Morgan fingerprint density at radius 2 is 1.93 bits per heavy atom. The lowest BCUT2D eigenvalue weighted by Gasteiger charge is -2.19. The number of hydrogen-bond donors (Lipinski definition) is 1. The van der Waals surface area contributed by atoms with Crippen molar-refractivity contribution in [2.75, 3.05) is 23.4 Å². The molecule has 0 unspecified atom stereocenters. The van der Waals surface area contributed by atoms with E-state index in [1.54, 1.807) is 4.90 Å². The summed E-state index contributed by atoms with van der Waals surface area (Å²) in [7, 11) is 0. The van der Waals surface area contributed by atoms with Crippen LogP contribution in [0.1, 0.15) is 30.0 Å². The minimum Gasteiger partial charge on any atom is -0.455 e. The van der Waals surface area contributed by atoms with Gasteiger partial charge in [0.05, 0.1) is 5.92 Å². The van der Waals surface area contributed by atoms with Crippen LogP contribution in [0.25, 0.3) is 0 Å². The number of para-hydroxylation sites is 1. The van der Waals surface area contributed by atoms with Crippen LogP contribution in [0.3, 0.4) is 0 Å². The van der Waals surface area contributed by atoms with Crippen molar-refractivity contribution in [1.29, 1.82) is 0 Å². The molecule has 3 rings (SSSR count). The van der Waals surface area contributed by atoms with E-state index in [1.807, 2.05) is 63.2 Å². The minimum absolute atomic E-state index is 0.0928. The number of rotatable bonds is 6. The molecule has 0 aliphatic carbocycles. The standard InChI is InChI=1S/C23H26N2O4/c1-4-17-7-5-6-8-20(17)25-13-18(12-22(25)27)23(28)29-14-21(26)24-19-10-9-15(2)11-16(19)3/h5-11,18H,4,12-14H2,1-3H3,(H,24,26)/t18-/m1/s1. The number of carbonyl (C=O) groups is 3. The van der Waals surface area contributed by atoms with Crippen molar-refractivity contribution >= 4 is 29.2 Å². The molecule has 152 valence electrons. The SMILES string of the molecule is CCc1ccccc1N1C[C@H](C(=O)OCC(=O)Nc2ccc(C)cc2C)CC1=O. The lowest BCUT2D eigenvalue weighted by Crippen LogP contribution is -2.28. The quantitative estimate of drug-likeness (QED) is 0.762. The Morgan fingerprint density at radius 3 is 2.66 bits per heavy atom. The van der Waals surface area contributed by atoms with Crippen molar-refractivity contribution in [3.8, 4) is 0 Å². The Hall–Kier alpha value is -3.15. The van der Waals surface area contributed by atoms with E-state index in [2.05, 4.69) is 5.32 Å². The maximum Gasteiger partial charge on any atom is 0.311 e. The van der Waals surface area contributed by atoms with Crippen molar-refractivity contribution < 1.29 is 19.1 Å². The maximum atomic E-state index is 12.4. The summed E-state index contributed by atoms with van der Waals surface area (Å²) in [5.41, 5.74) is 4.63. The summed E-state index contributed by atoms with van der Waals surface area (Å²) >= 11 is 0. The second-order valence-electron chi connectivity index (χ2n) is 7.36. The largest absolute Gasteiger partial charge is 0.455 e. The molecule has 2 aromatic rings. The highest BCUT2D eigenvalue weighted by molar-refractivity contribution is 6.00. The second kappa shape index (κ2) is 8.90. The average Bonchev–Trinajstić information content (AvgIpc) is 3.09. The van der Waals surface area contributed by atoms with E-state index < -0.39 is 17.8 Å². The Labute approximate surface area is 170 Å². The van der Waals surface area contributed by atoms with Crippen molar-refractivity contribution in [3.05, 3.63) is 59.2 Å². The van der Waals surface area contributed by atoms with E-state index in [1.165, 1.54) is 0 Å². The smallest absolute Gasteiger partial charge is 0.311 e. The molecule has 0 bridgehead atoms. The fourth-order valence-corrected chi connectivity index (χ4v) is 3.57. The minimum atomic E-state index is -0.568. The summed E-state index contributed by atoms with van der Waals surface area (Å²) in [4.78, 5) is 38.6. The Balaban J connectivity index is 1.56. The summed E-state index contributed by atoms with van der Waals surface area (Å²) in [6, 6.07) is 13.4. The number of anilines is 2. The van der Waals surface area contributed by atoms with Gasteiger partial charge in [0.25, 0.3) is 5.91 Å². The first-order valence-electron chi connectivity index (χ1n) is 9.81. The van der Waals surface area contributed by atoms with Gasteiger partial charge in [-0.05, 0) is 43.5 Å². The summed E-state index contributed by atoms with van der Waals surface area (Å²) in [6.45, 7) is 5.81. The number of nitrogens with one attached hydrogen (secondary N) is 1. The predicted molar refractivity (Wildman–Crippen MR) is 112 cm³/mol. The van der Waals surface area contributed by atoms with Crippen LogP contribution in [-0.2, 0) is 25.5 Å². The predicted octanol–water partition coefficient (Wildman–Crippen LogP) is 3.40. The molecule has 2 amide bonds. The zero-order valence-electron chi connectivity index (χ0n) is 17.0. The average molecular weight is 394 g/mol. The van der Waals surface area contributed by atoms with Crippen molar-refractivity contribution in [2.24, 2.45) is 5.92 Å². The molecule has 1 fully saturated rings. The van der Waals surface area contributed by atoms with Crippen LogP contribution in [0.4, 0.5) is 11.4 Å². The number of nitrogens with zero attached hydrogens (tertiary/aromatic N) is 1. The van der Waals surface area contributed by atoms with Crippen molar-refractivity contribution in [1.82, 2.24) is 0 Å². The molecule has 0 spiro atoms. The topological polar surface area (TPSA) is 75.7 Å². The fourth-order valence-electron chi connectivity index (χ4n) is 3.57. The van der Waals surface area contributed by atoms with E-state index in [9.17, 15) is 14.4 Å². The molecule has 1 aliphatic rings. The molecule has 0 saturated carbocycles. The second-order valence-corrected chi connectivity index (χ2v) is 7.36. The molecule has 0 radical (unpaired) electrons. The molecule has 2 aromatic carbocycles. The third kappa shape index (κ3) is 4.83. The molecule has 6 heteroatoms. The highest BCUT2D eigenvalue weighted by Gasteiger charge is 2.37. The molecule has 1 saturated heterocycles. The van der Waals surface area contributed by atoms with Gasteiger partial charge in [-0.15, -0.1) is 0 Å². The number of benzene rings is 2. The normalized spacial score (nSPS) is 16.0. The van der Waals surface area contributed by atoms with Gasteiger partial charge in [0.2, 0.25) is 5.91 Å². The van der Waals surface area contributed by atoms with E-state index in [4.69, 9.17) is 4.74 Å². The van der Waals surface area contributed by atoms with Gasteiger partial charge in [-0.3, -0.25) is 14.4 Å². The molecular formula is C23H26N2O4. The van der Waals surface area contributed by atoms with Crippen LogP contribution in [0.2, 0.25) is 0 Å². The van der Waals surface area contributed by atoms with Gasteiger partial charge in [0.15, 0.2) is 6.61 Å². The number of aryl methyl sites for hydroxylation is 3. The monoisotopic (exact) mass is 394 g/mol. The lowest BCUT2D eigenvalue weighted by atomic mass is 10.1. The molecule has 29 heavy (non-hydrogen) atoms. The Morgan fingerprint density at radius 1 is 1.17 bits per heavy atom. The number of ether oxygens (including phenoxy) is 1. The molecule has 0 aromatic heterocycles. The summed E-state index contributed by atoms with van der Waals surface area (Å²) in [6.07, 6.45) is 0.892. The van der Waals surface area contributed by atoms with Crippen molar-refractivity contribution in [2.45, 2.75) is 33.6 Å². The number of esters is 1. The highest BCUT2D eigenvalue weighted by Crippen LogP contribution is 2.29. The van der Waals surface area contributed by atoms with Gasteiger partial charge >= 0.3 is 5.97 Å². The zero-order chi connectivity index (χ0) is 21.0. The Kier molecular flexibility index (Phi) is 6.32.